The highest BCUT2D eigenvalue weighted by atomic mass is 16.5. The van der Waals surface area contributed by atoms with Crippen molar-refractivity contribution in [3.05, 3.63) is 36.2 Å². The zero-order chi connectivity index (χ0) is 10.3. The number of hydrogen-bond acceptors (Lipinski definition) is 2. The number of nitrogens with zero attached hydrogens (tertiary/aromatic N) is 1. The van der Waals surface area contributed by atoms with E-state index in [9.17, 15) is 0 Å². The molecule has 2 heteroatoms. The predicted octanol–water partition coefficient (Wildman–Crippen LogP) is 3.11. The second-order valence-electron chi connectivity index (χ2n) is 3.94. The first kappa shape index (κ1) is 9.13. The third kappa shape index (κ3) is 1.27. The lowest BCUT2D eigenvalue weighted by atomic mass is 10.0. The van der Waals surface area contributed by atoms with Crippen molar-refractivity contribution >= 4 is 5.69 Å². The molecule has 0 saturated heterocycles. The van der Waals surface area contributed by atoms with Gasteiger partial charge in [-0.1, -0.05) is 19.9 Å². The molecule has 1 aliphatic rings. The molecule has 0 unspecified atom stereocenters. The van der Waals surface area contributed by atoms with Gasteiger partial charge in [-0.2, -0.15) is 0 Å². The molecule has 0 spiro atoms. The fourth-order valence-corrected chi connectivity index (χ4v) is 1.57. The highest BCUT2D eigenvalue weighted by Gasteiger charge is 2.21. The molecule has 0 radical (unpaired) electrons. The maximum Gasteiger partial charge on any atom is 0.193 e. The van der Waals surface area contributed by atoms with Gasteiger partial charge in [0.05, 0.1) is 5.69 Å². The summed E-state index contributed by atoms with van der Waals surface area (Å²) in [6, 6.07) is 6.29. The maximum absolute atomic E-state index is 5.49. The van der Waals surface area contributed by atoms with Crippen LogP contribution in [0.25, 0.3) is 0 Å². The summed E-state index contributed by atoms with van der Waals surface area (Å²) in [5, 5.41) is 0. The van der Waals surface area contributed by atoms with E-state index in [-0.39, 0.29) is 0 Å². The molecule has 1 aliphatic heterocycles. The van der Waals surface area contributed by atoms with Crippen molar-refractivity contribution in [1.82, 2.24) is 0 Å². The van der Waals surface area contributed by atoms with E-state index in [0.29, 0.717) is 11.8 Å². The number of fused-ring (bicyclic) bond motifs is 1. The standard InChI is InChI=1S/C12H15NO/c1-8(2)10-5-6-12-11(7-10)13(4)9(3)14-12/h5-8H,3H2,1-2,4H3. The molecule has 2 rings (SSSR count). The van der Waals surface area contributed by atoms with E-state index in [2.05, 4.69) is 32.6 Å². The van der Waals surface area contributed by atoms with Crippen molar-refractivity contribution in [3.8, 4) is 5.75 Å². The summed E-state index contributed by atoms with van der Waals surface area (Å²) in [7, 11) is 1.97. The molecule has 0 bridgehead atoms. The van der Waals surface area contributed by atoms with Crippen LogP contribution in [0.5, 0.6) is 5.75 Å². The van der Waals surface area contributed by atoms with Crippen molar-refractivity contribution < 1.29 is 4.74 Å². The van der Waals surface area contributed by atoms with Crippen LogP contribution < -0.4 is 9.64 Å². The van der Waals surface area contributed by atoms with Crippen molar-refractivity contribution in [3.63, 3.8) is 0 Å². The van der Waals surface area contributed by atoms with Crippen LogP contribution in [0.3, 0.4) is 0 Å². The summed E-state index contributed by atoms with van der Waals surface area (Å²) in [6.45, 7) is 8.20. The fraction of sp³-hybridized carbons (Fsp3) is 0.333. The van der Waals surface area contributed by atoms with Crippen LogP contribution in [0.15, 0.2) is 30.7 Å². The average Bonchev–Trinajstić information content (AvgIpc) is 2.43. The Balaban J connectivity index is 2.46. The molecule has 0 saturated carbocycles. The molecule has 0 fully saturated rings. The van der Waals surface area contributed by atoms with E-state index in [1.54, 1.807) is 0 Å². The third-order valence-corrected chi connectivity index (χ3v) is 2.61. The highest BCUT2D eigenvalue weighted by molar-refractivity contribution is 5.66. The van der Waals surface area contributed by atoms with Gasteiger partial charge in [0.1, 0.15) is 0 Å². The van der Waals surface area contributed by atoms with Gasteiger partial charge in [0.25, 0.3) is 0 Å². The molecule has 0 aliphatic carbocycles. The SMILES string of the molecule is C=C1Oc2ccc(C(C)C)cc2N1C. The van der Waals surface area contributed by atoms with E-state index in [0.717, 1.165) is 11.4 Å². The van der Waals surface area contributed by atoms with E-state index >= 15 is 0 Å². The highest BCUT2D eigenvalue weighted by Crippen LogP contribution is 2.38. The Morgan fingerprint density at radius 1 is 1.36 bits per heavy atom. The molecule has 2 nitrogen and oxygen atoms in total. The topological polar surface area (TPSA) is 12.5 Å². The number of anilines is 1. The number of ether oxygens (including phenoxy) is 1. The summed E-state index contributed by atoms with van der Waals surface area (Å²) in [5.74, 6) is 2.14. The molecule has 0 amide bonds. The van der Waals surface area contributed by atoms with Gasteiger partial charge in [-0.05, 0) is 30.2 Å². The van der Waals surface area contributed by atoms with Crippen molar-refractivity contribution in [1.29, 1.82) is 0 Å². The Labute approximate surface area is 84.8 Å². The lowest BCUT2D eigenvalue weighted by molar-refractivity contribution is 0.446. The summed E-state index contributed by atoms with van der Waals surface area (Å²) < 4.78 is 5.49. The van der Waals surface area contributed by atoms with Crippen LogP contribution >= 0.6 is 0 Å². The molecular weight excluding hydrogens is 174 g/mol. The first-order valence-electron chi connectivity index (χ1n) is 4.84. The number of rotatable bonds is 1. The minimum Gasteiger partial charge on any atom is -0.439 e. The quantitative estimate of drug-likeness (QED) is 0.673. The third-order valence-electron chi connectivity index (χ3n) is 2.61. The molecular formula is C12H15NO. The molecule has 1 heterocycles. The van der Waals surface area contributed by atoms with Gasteiger partial charge < -0.3 is 9.64 Å². The van der Waals surface area contributed by atoms with Gasteiger partial charge in [0.15, 0.2) is 11.6 Å². The van der Waals surface area contributed by atoms with Crippen LogP contribution in [0, 0.1) is 0 Å². The molecule has 1 aromatic rings. The maximum atomic E-state index is 5.49. The Kier molecular flexibility index (Phi) is 1.99. The summed E-state index contributed by atoms with van der Waals surface area (Å²) in [4.78, 5) is 1.97. The number of benzene rings is 1. The molecule has 0 N–H and O–H groups in total. The Morgan fingerprint density at radius 3 is 2.71 bits per heavy atom. The van der Waals surface area contributed by atoms with Crippen molar-refractivity contribution in [2.45, 2.75) is 19.8 Å². The molecule has 14 heavy (non-hydrogen) atoms. The zero-order valence-corrected chi connectivity index (χ0v) is 8.87. The molecule has 1 aromatic carbocycles. The van der Waals surface area contributed by atoms with Gasteiger partial charge in [0, 0.05) is 7.05 Å². The van der Waals surface area contributed by atoms with Crippen molar-refractivity contribution in [2.24, 2.45) is 0 Å². The summed E-state index contributed by atoms with van der Waals surface area (Å²) in [6.07, 6.45) is 0. The molecule has 0 atom stereocenters. The van der Waals surface area contributed by atoms with Crippen LogP contribution in [0.4, 0.5) is 5.69 Å². The smallest absolute Gasteiger partial charge is 0.193 e. The minimum absolute atomic E-state index is 0.544. The van der Waals surface area contributed by atoms with Gasteiger partial charge >= 0.3 is 0 Å². The average molecular weight is 189 g/mol. The van der Waals surface area contributed by atoms with Crippen LogP contribution in [0.2, 0.25) is 0 Å². The summed E-state index contributed by atoms with van der Waals surface area (Å²) in [5.41, 5.74) is 2.44. The first-order chi connectivity index (χ1) is 6.59. The second-order valence-corrected chi connectivity index (χ2v) is 3.94. The van der Waals surface area contributed by atoms with Gasteiger partial charge in [-0.25, -0.2) is 0 Å². The lowest BCUT2D eigenvalue weighted by Gasteiger charge is -2.11. The lowest BCUT2D eigenvalue weighted by Crippen LogP contribution is -2.11. The number of hydrogen-bond donors (Lipinski definition) is 0. The van der Waals surface area contributed by atoms with Crippen LogP contribution in [-0.2, 0) is 0 Å². The normalized spacial score (nSPS) is 14.6. The Bertz CT molecular complexity index is 382. The zero-order valence-electron chi connectivity index (χ0n) is 8.87. The van der Waals surface area contributed by atoms with Crippen molar-refractivity contribution in [2.75, 3.05) is 11.9 Å². The fourth-order valence-electron chi connectivity index (χ4n) is 1.57. The monoisotopic (exact) mass is 189 g/mol. The Hall–Kier alpha value is -1.44. The van der Waals surface area contributed by atoms with Crippen LogP contribution in [0.1, 0.15) is 25.3 Å². The first-order valence-corrected chi connectivity index (χ1v) is 4.84. The molecule has 74 valence electrons. The second kappa shape index (κ2) is 3.05. The van der Waals surface area contributed by atoms with Gasteiger partial charge in [-0.15, -0.1) is 0 Å². The van der Waals surface area contributed by atoms with Crippen LogP contribution in [-0.4, -0.2) is 7.05 Å². The van der Waals surface area contributed by atoms with E-state index in [1.165, 1.54) is 5.56 Å². The van der Waals surface area contributed by atoms with E-state index in [1.807, 2.05) is 18.0 Å². The van der Waals surface area contributed by atoms with E-state index < -0.39 is 0 Å². The van der Waals surface area contributed by atoms with Gasteiger partial charge in [-0.3, -0.25) is 0 Å². The van der Waals surface area contributed by atoms with E-state index in [4.69, 9.17) is 4.74 Å². The predicted molar refractivity (Wildman–Crippen MR) is 58.7 cm³/mol. The minimum atomic E-state index is 0.544. The largest absolute Gasteiger partial charge is 0.439 e. The Morgan fingerprint density at radius 2 is 2.07 bits per heavy atom. The van der Waals surface area contributed by atoms with Gasteiger partial charge in [0.2, 0.25) is 0 Å². The molecule has 0 aromatic heterocycles. The summed E-state index contributed by atoms with van der Waals surface area (Å²) >= 11 is 0.